The molecular weight excluding hydrogens is 314 g/mol. The highest BCUT2D eigenvalue weighted by atomic mass is 16.6. The van der Waals surface area contributed by atoms with E-state index < -0.39 is 0 Å². The lowest BCUT2D eigenvalue weighted by atomic mass is 9.88. The van der Waals surface area contributed by atoms with Crippen LogP contribution in [0.3, 0.4) is 0 Å². The third-order valence-electron chi connectivity index (χ3n) is 4.77. The maximum atomic E-state index is 11.3. The highest BCUT2D eigenvalue weighted by molar-refractivity contribution is 5.70. The van der Waals surface area contributed by atoms with Crippen molar-refractivity contribution >= 4 is 5.97 Å². The van der Waals surface area contributed by atoms with Crippen LogP contribution in [0.4, 0.5) is 0 Å². The summed E-state index contributed by atoms with van der Waals surface area (Å²) in [5.74, 6) is 0.919. The molecule has 1 heterocycles. The molecule has 0 spiro atoms. The molecule has 0 radical (unpaired) electrons. The first kappa shape index (κ1) is 17.5. The zero-order valence-corrected chi connectivity index (χ0v) is 14.7. The van der Waals surface area contributed by atoms with Crippen molar-refractivity contribution in [2.24, 2.45) is 0 Å². The smallest absolute Gasteiger partial charge is 0.343 e. The number of nitrogens with zero attached hydrogens (tertiary/aromatic N) is 1. The molecule has 1 saturated heterocycles. The van der Waals surface area contributed by atoms with E-state index in [0.29, 0.717) is 5.92 Å². The van der Waals surface area contributed by atoms with Crippen LogP contribution in [0, 0.1) is 0 Å². The van der Waals surface area contributed by atoms with Gasteiger partial charge in [0.1, 0.15) is 5.75 Å². The summed E-state index contributed by atoms with van der Waals surface area (Å²) in [5, 5.41) is 0. The molecule has 0 amide bonds. The summed E-state index contributed by atoms with van der Waals surface area (Å²) in [5.41, 5.74) is 2.56. The minimum absolute atomic E-state index is 0.0413. The predicted molar refractivity (Wildman–Crippen MR) is 97.6 cm³/mol. The second-order valence-corrected chi connectivity index (χ2v) is 6.44. The van der Waals surface area contributed by atoms with Crippen LogP contribution in [0.5, 0.6) is 5.75 Å². The molecule has 0 aliphatic carbocycles. The number of esters is 1. The summed E-state index contributed by atoms with van der Waals surface area (Å²) in [4.78, 5) is 13.8. The molecule has 0 bridgehead atoms. The number of piperidine rings is 1. The first-order valence-corrected chi connectivity index (χ1v) is 8.81. The number of hydrogen-bond donors (Lipinski definition) is 0. The average molecular weight is 339 g/mol. The van der Waals surface area contributed by atoms with Gasteiger partial charge in [-0.05, 0) is 49.0 Å². The Labute approximate surface area is 149 Å². The van der Waals surface area contributed by atoms with E-state index in [1.165, 1.54) is 18.2 Å². The second kappa shape index (κ2) is 8.67. The quantitative estimate of drug-likeness (QED) is 0.754. The number of ether oxygens (including phenoxy) is 2. The van der Waals surface area contributed by atoms with E-state index in [1.807, 2.05) is 18.2 Å². The molecular formula is C21H25NO3. The predicted octanol–water partition coefficient (Wildman–Crippen LogP) is 3.62. The molecule has 1 aliphatic rings. The molecule has 0 atom stereocenters. The molecule has 0 unspecified atom stereocenters. The van der Waals surface area contributed by atoms with Crippen molar-refractivity contribution in [3.05, 3.63) is 65.7 Å². The van der Waals surface area contributed by atoms with Gasteiger partial charge in [0.05, 0.1) is 7.11 Å². The molecule has 4 heteroatoms. The summed E-state index contributed by atoms with van der Waals surface area (Å²) in [7, 11) is 1.38. The van der Waals surface area contributed by atoms with Gasteiger partial charge < -0.3 is 9.47 Å². The molecule has 25 heavy (non-hydrogen) atoms. The molecule has 1 fully saturated rings. The van der Waals surface area contributed by atoms with Gasteiger partial charge in [-0.15, -0.1) is 0 Å². The zero-order valence-electron chi connectivity index (χ0n) is 14.7. The van der Waals surface area contributed by atoms with E-state index in [2.05, 4.69) is 46.0 Å². The van der Waals surface area contributed by atoms with E-state index in [4.69, 9.17) is 4.74 Å². The maximum Gasteiger partial charge on any atom is 0.343 e. The monoisotopic (exact) mass is 339 g/mol. The normalized spacial score (nSPS) is 15.7. The summed E-state index contributed by atoms with van der Waals surface area (Å²) < 4.78 is 10.3. The lowest BCUT2D eigenvalue weighted by Crippen LogP contribution is -2.32. The van der Waals surface area contributed by atoms with Gasteiger partial charge in [-0.2, -0.15) is 0 Å². The van der Waals surface area contributed by atoms with Crippen molar-refractivity contribution in [3.8, 4) is 5.75 Å². The van der Waals surface area contributed by atoms with Crippen molar-refractivity contribution < 1.29 is 14.3 Å². The van der Waals surface area contributed by atoms with Crippen molar-refractivity contribution in [3.63, 3.8) is 0 Å². The third kappa shape index (κ3) is 4.83. The van der Waals surface area contributed by atoms with Crippen LogP contribution >= 0.6 is 0 Å². The fourth-order valence-corrected chi connectivity index (χ4v) is 3.39. The number of benzene rings is 2. The van der Waals surface area contributed by atoms with Gasteiger partial charge in [0, 0.05) is 6.54 Å². The number of hydrogen-bond acceptors (Lipinski definition) is 4. The fourth-order valence-electron chi connectivity index (χ4n) is 3.39. The van der Waals surface area contributed by atoms with Crippen molar-refractivity contribution in [2.75, 3.05) is 26.8 Å². The molecule has 2 aromatic rings. The van der Waals surface area contributed by atoms with Crippen LogP contribution in [0.2, 0.25) is 0 Å². The van der Waals surface area contributed by atoms with E-state index in [-0.39, 0.29) is 12.6 Å². The molecule has 0 saturated carbocycles. The first-order valence-electron chi connectivity index (χ1n) is 8.81. The van der Waals surface area contributed by atoms with Crippen molar-refractivity contribution in [1.82, 2.24) is 4.90 Å². The molecule has 3 rings (SSSR count). The minimum atomic E-state index is -0.354. The van der Waals surface area contributed by atoms with Crippen LogP contribution in [-0.4, -0.2) is 37.7 Å². The molecule has 0 N–H and O–H groups in total. The fraction of sp³-hybridized carbons (Fsp3) is 0.381. The molecule has 2 aromatic carbocycles. The van der Waals surface area contributed by atoms with Crippen LogP contribution in [0.1, 0.15) is 29.9 Å². The number of carbonyl (C=O) groups excluding carboxylic acids is 1. The standard InChI is InChI=1S/C21H25NO3/c1-24-21(23)16-25-20-10-6-5-9-19(20)18-11-13-22(14-12-18)15-17-7-3-2-4-8-17/h2-10,18H,11-16H2,1H3. The van der Waals surface area contributed by atoms with Crippen LogP contribution in [-0.2, 0) is 16.1 Å². The Balaban J connectivity index is 1.58. The average Bonchev–Trinajstić information content (AvgIpc) is 2.68. The Morgan fingerprint density at radius 1 is 1.04 bits per heavy atom. The molecule has 132 valence electrons. The van der Waals surface area contributed by atoms with Gasteiger partial charge >= 0.3 is 5.97 Å². The van der Waals surface area contributed by atoms with Gasteiger partial charge in [-0.25, -0.2) is 4.79 Å². The SMILES string of the molecule is COC(=O)COc1ccccc1C1CCN(Cc2ccccc2)CC1. The summed E-state index contributed by atoms with van der Waals surface area (Å²) >= 11 is 0. The lowest BCUT2D eigenvalue weighted by molar-refractivity contribution is -0.142. The zero-order chi connectivity index (χ0) is 17.5. The van der Waals surface area contributed by atoms with E-state index in [1.54, 1.807) is 0 Å². The largest absolute Gasteiger partial charge is 0.482 e. The van der Waals surface area contributed by atoms with Gasteiger partial charge in [-0.1, -0.05) is 48.5 Å². The third-order valence-corrected chi connectivity index (χ3v) is 4.77. The molecule has 0 aromatic heterocycles. The van der Waals surface area contributed by atoms with E-state index >= 15 is 0 Å². The van der Waals surface area contributed by atoms with Crippen molar-refractivity contribution in [1.29, 1.82) is 0 Å². The highest BCUT2D eigenvalue weighted by Gasteiger charge is 2.23. The Kier molecular flexibility index (Phi) is 6.07. The van der Waals surface area contributed by atoms with Crippen LogP contribution in [0.25, 0.3) is 0 Å². The summed E-state index contributed by atoms with van der Waals surface area (Å²) in [6.45, 7) is 3.12. The number of likely N-dealkylation sites (tertiary alicyclic amines) is 1. The van der Waals surface area contributed by atoms with Crippen molar-refractivity contribution in [2.45, 2.75) is 25.3 Å². The minimum Gasteiger partial charge on any atom is -0.482 e. The Morgan fingerprint density at radius 3 is 2.44 bits per heavy atom. The van der Waals surface area contributed by atoms with Gasteiger partial charge in [0.25, 0.3) is 0 Å². The topological polar surface area (TPSA) is 38.8 Å². The Morgan fingerprint density at radius 2 is 1.72 bits per heavy atom. The first-order chi connectivity index (χ1) is 12.3. The van der Waals surface area contributed by atoms with E-state index in [0.717, 1.165) is 38.2 Å². The Hall–Kier alpha value is -2.33. The molecule has 4 nitrogen and oxygen atoms in total. The highest BCUT2D eigenvalue weighted by Crippen LogP contribution is 2.34. The lowest BCUT2D eigenvalue weighted by Gasteiger charge is -2.32. The Bertz CT molecular complexity index is 679. The molecule has 1 aliphatic heterocycles. The van der Waals surface area contributed by atoms with Gasteiger partial charge in [0.2, 0.25) is 0 Å². The van der Waals surface area contributed by atoms with Gasteiger partial charge in [-0.3, -0.25) is 4.90 Å². The van der Waals surface area contributed by atoms with Crippen LogP contribution < -0.4 is 4.74 Å². The summed E-state index contributed by atoms with van der Waals surface area (Å²) in [6.07, 6.45) is 2.21. The van der Waals surface area contributed by atoms with Crippen LogP contribution in [0.15, 0.2) is 54.6 Å². The number of methoxy groups -OCH3 is 1. The second-order valence-electron chi connectivity index (χ2n) is 6.44. The number of carbonyl (C=O) groups is 1. The maximum absolute atomic E-state index is 11.3. The van der Waals surface area contributed by atoms with Gasteiger partial charge in [0.15, 0.2) is 6.61 Å². The summed E-state index contributed by atoms with van der Waals surface area (Å²) in [6, 6.07) is 18.6. The number of para-hydroxylation sites is 1. The number of rotatable bonds is 6. The van der Waals surface area contributed by atoms with E-state index in [9.17, 15) is 4.79 Å².